The summed E-state index contributed by atoms with van der Waals surface area (Å²) in [5.74, 6) is 1.24. The predicted octanol–water partition coefficient (Wildman–Crippen LogP) is 1.49. The van der Waals surface area contributed by atoms with Gasteiger partial charge in [0.2, 0.25) is 0 Å². The van der Waals surface area contributed by atoms with E-state index < -0.39 is 0 Å². The highest BCUT2D eigenvalue weighted by Gasteiger charge is 2.06. The number of methoxy groups -OCH3 is 1. The second kappa shape index (κ2) is 13.0. The summed E-state index contributed by atoms with van der Waals surface area (Å²) < 4.78 is 7.02. The Bertz CT molecular complexity index is 706. The molecular weight excluding hydrogens is 459 g/mol. The number of aryl methyl sites for hydroxylation is 1. The number of ether oxygens (including phenoxy) is 1. The molecule has 0 atom stereocenters. The molecule has 0 fully saturated rings. The fourth-order valence-corrected chi connectivity index (χ4v) is 2.32. The third-order valence-corrected chi connectivity index (χ3v) is 3.67. The Morgan fingerprint density at radius 3 is 2.67 bits per heavy atom. The SMILES string of the molecule is CN=C(NCCCn1cccn1)NCCNC(=O)c1cccc(OC)c1.I. The molecule has 8 nitrogen and oxygen atoms in total. The van der Waals surface area contributed by atoms with Crippen molar-refractivity contribution in [3.8, 4) is 5.75 Å². The van der Waals surface area contributed by atoms with E-state index >= 15 is 0 Å². The number of hydrogen-bond donors (Lipinski definition) is 3. The summed E-state index contributed by atoms with van der Waals surface area (Å²) in [5.41, 5.74) is 0.575. The van der Waals surface area contributed by atoms with Gasteiger partial charge in [0.25, 0.3) is 5.91 Å². The van der Waals surface area contributed by atoms with Crippen LogP contribution in [0.15, 0.2) is 47.7 Å². The summed E-state index contributed by atoms with van der Waals surface area (Å²) in [5, 5.41) is 13.4. The number of aliphatic imine (C=N–C) groups is 1. The van der Waals surface area contributed by atoms with Crippen LogP contribution in [0.4, 0.5) is 0 Å². The average molecular weight is 486 g/mol. The first kappa shape index (κ1) is 22.7. The average Bonchev–Trinajstić information content (AvgIpc) is 3.20. The molecule has 0 bridgehead atoms. The quantitative estimate of drug-likeness (QED) is 0.216. The van der Waals surface area contributed by atoms with Crippen molar-refractivity contribution in [1.82, 2.24) is 25.7 Å². The van der Waals surface area contributed by atoms with Crippen molar-refractivity contribution < 1.29 is 9.53 Å². The smallest absolute Gasteiger partial charge is 0.251 e. The molecule has 1 amide bonds. The van der Waals surface area contributed by atoms with Crippen LogP contribution in [0.5, 0.6) is 5.75 Å². The van der Waals surface area contributed by atoms with Crippen LogP contribution in [0, 0.1) is 0 Å². The predicted molar refractivity (Wildman–Crippen MR) is 117 cm³/mol. The number of hydrogen-bond acceptors (Lipinski definition) is 4. The van der Waals surface area contributed by atoms with Crippen molar-refractivity contribution in [1.29, 1.82) is 0 Å². The zero-order valence-corrected chi connectivity index (χ0v) is 18.0. The lowest BCUT2D eigenvalue weighted by Crippen LogP contribution is -2.42. The second-order valence-electron chi connectivity index (χ2n) is 5.54. The van der Waals surface area contributed by atoms with Gasteiger partial charge in [0, 0.05) is 51.2 Å². The van der Waals surface area contributed by atoms with Crippen molar-refractivity contribution in [2.75, 3.05) is 33.8 Å². The van der Waals surface area contributed by atoms with Crippen LogP contribution in [0.3, 0.4) is 0 Å². The van der Waals surface area contributed by atoms with Gasteiger partial charge in [0.05, 0.1) is 7.11 Å². The Hall–Kier alpha value is -2.30. The number of amides is 1. The maximum atomic E-state index is 12.1. The lowest BCUT2D eigenvalue weighted by atomic mass is 10.2. The fourth-order valence-electron chi connectivity index (χ4n) is 2.32. The summed E-state index contributed by atoms with van der Waals surface area (Å²) in [6.45, 7) is 2.71. The summed E-state index contributed by atoms with van der Waals surface area (Å²) >= 11 is 0. The summed E-state index contributed by atoms with van der Waals surface area (Å²) in [4.78, 5) is 16.3. The number of rotatable bonds is 9. The van der Waals surface area contributed by atoms with Crippen LogP contribution >= 0.6 is 24.0 Å². The van der Waals surface area contributed by atoms with E-state index in [1.165, 1.54) is 0 Å². The number of carbonyl (C=O) groups is 1. The van der Waals surface area contributed by atoms with Crippen LogP contribution in [0.1, 0.15) is 16.8 Å². The number of carbonyl (C=O) groups excluding carboxylic acids is 1. The summed E-state index contributed by atoms with van der Waals surface area (Å²) in [7, 11) is 3.30. The monoisotopic (exact) mass is 486 g/mol. The number of guanidine groups is 1. The van der Waals surface area contributed by atoms with Gasteiger partial charge in [-0.2, -0.15) is 5.10 Å². The minimum Gasteiger partial charge on any atom is -0.497 e. The van der Waals surface area contributed by atoms with E-state index in [1.54, 1.807) is 44.6 Å². The van der Waals surface area contributed by atoms with Gasteiger partial charge in [-0.15, -0.1) is 24.0 Å². The van der Waals surface area contributed by atoms with Gasteiger partial charge < -0.3 is 20.7 Å². The van der Waals surface area contributed by atoms with E-state index in [0.717, 1.165) is 19.5 Å². The largest absolute Gasteiger partial charge is 0.497 e. The molecule has 2 aromatic rings. The van der Waals surface area contributed by atoms with Crippen LogP contribution in [0.25, 0.3) is 0 Å². The minimum atomic E-state index is -0.132. The van der Waals surface area contributed by atoms with Gasteiger partial charge >= 0.3 is 0 Å². The molecule has 0 aliphatic heterocycles. The molecule has 1 aromatic heterocycles. The maximum Gasteiger partial charge on any atom is 0.251 e. The van der Waals surface area contributed by atoms with Crippen molar-refractivity contribution in [2.24, 2.45) is 4.99 Å². The molecule has 3 N–H and O–H groups in total. The first-order valence-electron chi connectivity index (χ1n) is 8.57. The molecule has 9 heteroatoms. The Kier molecular flexibility index (Phi) is 10.9. The number of nitrogens with one attached hydrogen (secondary N) is 3. The highest BCUT2D eigenvalue weighted by Crippen LogP contribution is 2.12. The van der Waals surface area contributed by atoms with E-state index in [-0.39, 0.29) is 29.9 Å². The van der Waals surface area contributed by atoms with E-state index in [9.17, 15) is 4.79 Å². The Balaban J connectivity index is 0.00000364. The third-order valence-electron chi connectivity index (χ3n) is 3.67. The van der Waals surface area contributed by atoms with Gasteiger partial charge in [-0.25, -0.2) is 0 Å². The first-order valence-corrected chi connectivity index (χ1v) is 8.57. The minimum absolute atomic E-state index is 0. The maximum absolute atomic E-state index is 12.1. The lowest BCUT2D eigenvalue weighted by molar-refractivity contribution is 0.0954. The molecule has 0 radical (unpaired) electrons. The highest BCUT2D eigenvalue weighted by molar-refractivity contribution is 14.0. The van der Waals surface area contributed by atoms with Gasteiger partial charge in [0.1, 0.15) is 5.75 Å². The molecule has 148 valence electrons. The van der Waals surface area contributed by atoms with Crippen LogP contribution in [0.2, 0.25) is 0 Å². The van der Waals surface area contributed by atoms with Crippen molar-refractivity contribution >= 4 is 35.8 Å². The van der Waals surface area contributed by atoms with Crippen molar-refractivity contribution in [3.63, 3.8) is 0 Å². The number of aromatic nitrogens is 2. The molecule has 1 aromatic carbocycles. The van der Waals surface area contributed by atoms with Gasteiger partial charge in [0.15, 0.2) is 5.96 Å². The van der Waals surface area contributed by atoms with E-state index in [2.05, 4.69) is 26.0 Å². The van der Waals surface area contributed by atoms with E-state index in [0.29, 0.717) is 30.4 Å². The van der Waals surface area contributed by atoms with E-state index in [4.69, 9.17) is 4.74 Å². The van der Waals surface area contributed by atoms with Crippen LogP contribution in [-0.2, 0) is 6.54 Å². The normalized spacial score (nSPS) is 10.7. The zero-order valence-electron chi connectivity index (χ0n) is 15.6. The van der Waals surface area contributed by atoms with Crippen LogP contribution < -0.4 is 20.7 Å². The van der Waals surface area contributed by atoms with Crippen molar-refractivity contribution in [3.05, 3.63) is 48.3 Å². The third kappa shape index (κ3) is 8.29. The Labute approximate surface area is 176 Å². The number of benzene rings is 1. The molecule has 1 heterocycles. The summed E-state index contributed by atoms with van der Waals surface area (Å²) in [6.07, 6.45) is 4.65. The second-order valence-corrected chi connectivity index (χ2v) is 5.54. The zero-order chi connectivity index (χ0) is 18.6. The lowest BCUT2D eigenvalue weighted by Gasteiger charge is -2.12. The molecule has 2 rings (SSSR count). The van der Waals surface area contributed by atoms with Gasteiger partial charge in [-0.1, -0.05) is 6.07 Å². The number of halogens is 1. The Morgan fingerprint density at radius 2 is 1.96 bits per heavy atom. The molecule has 0 spiro atoms. The molecule has 0 aliphatic carbocycles. The van der Waals surface area contributed by atoms with Gasteiger partial charge in [-0.05, 0) is 30.7 Å². The molecular formula is C18H27IN6O2. The summed E-state index contributed by atoms with van der Waals surface area (Å²) in [6, 6.07) is 8.98. The number of nitrogens with zero attached hydrogens (tertiary/aromatic N) is 3. The first-order chi connectivity index (χ1) is 12.7. The molecule has 0 unspecified atom stereocenters. The molecule has 0 saturated heterocycles. The fraction of sp³-hybridized carbons (Fsp3) is 0.389. The standard InChI is InChI=1S/C18H26N6O2.HI/c1-19-18(21-8-4-12-24-13-5-9-23-24)22-11-10-20-17(25)15-6-3-7-16(14-15)26-2;/h3,5-7,9,13-14H,4,8,10-12H2,1-2H3,(H,20,25)(H2,19,21,22);1H. The topological polar surface area (TPSA) is 92.6 Å². The molecule has 0 saturated carbocycles. The van der Waals surface area contributed by atoms with E-state index in [1.807, 2.05) is 16.9 Å². The Morgan fingerprint density at radius 1 is 1.19 bits per heavy atom. The van der Waals surface area contributed by atoms with Gasteiger partial charge in [-0.3, -0.25) is 14.5 Å². The molecule has 27 heavy (non-hydrogen) atoms. The van der Waals surface area contributed by atoms with Crippen LogP contribution in [-0.4, -0.2) is 55.4 Å². The van der Waals surface area contributed by atoms with Crippen molar-refractivity contribution in [2.45, 2.75) is 13.0 Å². The highest BCUT2D eigenvalue weighted by atomic mass is 127. The molecule has 0 aliphatic rings.